The lowest BCUT2D eigenvalue weighted by molar-refractivity contribution is 0.317. The van der Waals surface area contributed by atoms with Crippen molar-refractivity contribution < 1.29 is 5.21 Å². The molecule has 0 atom stereocenters. The van der Waals surface area contributed by atoms with Crippen molar-refractivity contribution in [2.75, 3.05) is 0 Å². The molecule has 14 heavy (non-hydrogen) atoms. The first kappa shape index (κ1) is 10.5. The molecule has 0 saturated carbocycles. The summed E-state index contributed by atoms with van der Waals surface area (Å²) in [5.41, 5.74) is 1.97. The zero-order valence-electron chi connectivity index (χ0n) is 8.35. The van der Waals surface area contributed by atoms with Crippen LogP contribution in [-0.2, 0) is 0 Å². The first-order valence-corrected chi connectivity index (χ1v) is 4.72. The van der Waals surface area contributed by atoms with E-state index in [-0.39, 0.29) is 0 Å². The normalized spacial score (nSPS) is 12.2. The molecule has 0 amide bonds. The van der Waals surface area contributed by atoms with Crippen molar-refractivity contribution in [2.45, 2.75) is 19.8 Å². The number of hydrogen-bond acceptors (Lipinski definition) is 2. The van der Waals surface area contributed by atoms with Gasteiger partial charge in [0.25, 0.3) is 0 Å². The maximum atomic E-state index is 8.42. The molecule has 0 saturated heterocycles. The minimum absolute atomic E-state index is 0.766. The van der Waals surface area contributed by atoms with Gasteiger partial charge in [-0.1, -0.05) is 47.6 Å². The molecule has 0 radical (unpaired) electrons. The molecule has 74 valence electrons. The van der Waals surface area contributed by atoms with Crippen LogP contribution in [0.15, 0.2) is 41.6 Å². The van der Waals surface area contributed by atoms with E-state index in [1.807, 2.05) is 25.1 Å². The lowest BCUT2D eigenvalue weighted by atomic mass is 10.1. The SMILES string of the molecule is C/C(CC/C=C/c1ccccc1)=N\O. The number of rotatable bonds is 4. The molecule has 0 bridgehead atoms. The van der Waals surface area contributed by atoms with E-state index in [0.29, 0.717) is 0 Å². The highest BCUT2D eigenvalue weighted by Crippen LogP contribution is 2.03. The zero-order chi connectivity index (χ0) is 10.2. The van der Waals surface area contributed by atoms with Crippen LogP contribution in [0.25, 0.3) is 6.08 Å². The summed E-state index contributed by atoms with van der Waals surface area (Å²) in [6.45, 7) is 1.82. The van der Waals surface area contributed by atoms with Gasteiger partial charge in [-0.15, -0.1) is 0 Å². The predicted molar refractivity (Wildman–Crippen MR) is 59.6 cm³/mol. The van der Waals surface area contributed by atoms with E-state index in [2.05, 4.69) is 29.4 Å². The molecule has 0 aliphatic rings. The molecule has 0 aromatic heterocycles. The molecule has 1 aromatic rings. The van der Waals surface area contributed by atoms with Crippen LogP contribution >= 0.6 is 0 Å². The van der Waals surface area contributed by atoms with Crippen molar-refractivity contribution in [3.63, 3.8) is 0 Å². The predicted octanol–water partition coefficient (Wildman–Crippen LogP) is 3.33. The minimum atomic E-state index is 0.766. The van der Waals surface area contributed by atoms with Crippen LogP contribution in [0.1, 0.15) is 25.3 Å². The summed E-state index contributed by atoms with van der Waals surface area (Å²) in [7, 11) is 0. The van der Waals surface area contributed by atoms with Crippen LogP contribution in [0.5, 0.6) is 0 Å². The van der Waals surface area contributed by atoms with Crippen molar-refractivity contribution in [3.05, 3.63) is 42.0 Å². The van der Waals surface area contributed by atoms with E-state index < -0.39 is 0 Å². The average molecular weight is 189 g/mol. The molecule has 2 nitrogen and oxygen atoms in total. The van der Waals surface area contributed by atoms with E-state index >= 15 is 0 Å². The first-order valence-electron chi connectivity index (χ1n) is 4.72. The van der Waals surface area contributed by atoms with Crippen LogP contribution in [0.2, 0.25) is 0 Å². The third kappa shape index (κ3) is 3.90. The number of benzene rings is 1. The molecular weight excluding hydrogens is 174 g/mol. The highest BCUT2D eigenvalue weighted by atomic mass is 16.4. The molecule has 0 aliphatic heterocycles. The van der Waals surface area contributed by atoms with E-state index in [1.165, 1.54) is 5.56 Å². The molecule has 0 heterocycles. The highest BCUT2D eigenvalue weighted by molar-refractivity contribution is 5.81. The summed E-state index contributed by atoms with van der Waals surface area (Å²) in [4.78, 5) is 0. The third-order valence-electron chi connectivity index (χ3n) is 1.95. The van der Waals surface area contributed by atoms with Crippen molar-refractivity contribution in [1.82, 2.24) is 0 Å². The van der Waals surface area contributed by atoms with E-state index in [0.717, 1.165) is 18.6 Å². The first-order chi connectivity index (χ1) is 6.83. The Morgan fingerprint density at radius 3 is 2.71 bits per heavy atom. The second-order valence-electron chi connectivity index (χ2n) is 3.19. The number of oxime groups is 1. The lowest BCUT2D eigenvalue weighted by Crippen LogP contribution is -1.88. The van der Waals surface area contributed by atoms with E-state index in [1.54, 1.807) is 0 Å². The Bertz CT molecular complexity index is 314. The third-order valence-corrected chi connectivity index (χ3v) is 1.95. The second kappa shape index (κ2) is 5.97. The Morgan fingerprint density at radius 1 is 1.36 bits per heavy atom. The smallest absolute Gasteiger partial charge is 0.0543 e. The molecule has 1 N–H and O–H groups in total. The van der Waals surface area contributed by atoms with Crippen LogP contribution in [-0.4, -0.2) is 10.9 Å². The van der Waals surface area contributed by atoms with Crippen molar-refractivity contribution in [3.8, 4) is 0 Å². The molecule has 0 fully saturated rings. The molecule has 0 unspecified atom stereocenters. The summed E-state index contributed by atoms with van der Waals surface area (Å²) in [6, 6.07) is 10.1. The summed E-state index contributed by atoms with van der Waals surface area (Å²) in [5, 5.41) is 11.5. The quantitative estimate of drug-likeness (QED) is 0.440. The number of hydrogen-bond donors (Lipinski definition) is 1. The van der Waals surface area contributed by atoms with Gasteiger partial charge in [-0.2, -0.15) is 0 Å². The molecule has 0 spiro atoms. The molecular formula is C12H15NO. The van der Waals surface area contributed by atoms with E-state index in [4.69, 9.17) is 5.21 Å². The molecule has 1 aromatic carbocycles. The molecule has 0 aliphatic carbocycles. The fourth-order valence-corrected chi connectivity index (χ4v) is 1.13. The number of nitrogens with zero attached hydrogens (tertiary/aromatic N) is 1. The van der Waals surface area contributed by atoms with Crippen molar-refractivity contribution >= 4 is 11.8 Å². The van der Waals surface area contributed by atoms with Gasteiger partial charge in [0.15, 0.2) is 0 Å². The van der Waals surface area contributed by atoms with Crippen LogP contribution < -0.4 is 0 Å². The van der Waals surface area contributed by atoms with Crippen LogP contribution in [0.3, 0.4) is 0 Å². The highest BCUT2D eigenvalue weighted by Gasteiger charge is 1.88. The lowest BCUT2D eigenvalue weighted by Gasteiger charge is -1.93. The van der Waals surface area contributed by atoms with Gasteiger partial charge in [-0.25, -0.2) is 0 Å². The summed E-state index contributed by atoms with van der Waals surface area (Å²) in [6.07, 6.45) is 5.87. The summed E-state index contributed by atoms with van der Waals surface area (Å²) < 4.78 is 0. The number of allylic oxidation sites excluding steroid dienone is 1. The standard InChI is InChI=1S/C12H15NO/c1-11(13-14)7-5-6-10-12-8-3-2-4-9-12/h2-4,6,8-10,14H,5,7H2,1H3/b10-6+,13-11+. The average Bonchev–Trinajstić information content (AvgIpc) is 2.25. The van der Waals surface area contributed by atoms with Crippen molar-refractivity contribution in [1.29, 1.82) is 0 Å². The van der Waals surface area contributed by atoms with Gasteiger partial charge < -0.3 is 5.21 Å². The fraction of sp³-hybridized carbons (Fsp3) is 0.250. The maximum Gasteiger partial charge on any atom is 0.0543 e. The zero-order valence-corrected chi connectivity index (χ0v) is 8.35. The summed E-state index contributed by atoms with van der Waals surface area (Å²) in [5.74, 6) is 0. The Morgan fingerprint density at radius 2 is 2.07 bits per heavy atom. The van der Waals surface area contributed by atoms with Gasteiger partial charge in [-0.05, 0) is 25.3 Å². The minimum Gasteiger partial charge on any atom is -0.411 e. The Labute approximate surface area is 84.6 Å². The topological polar surface area (TPSA) is 32.6 Å². The molecule has 1 rings (SSSR count). The van der Waals surface area contributed by atoms with Gasteiger partial charge >= 0.3 is 0 Å². The van der Waals surface area contributed by atoms with Crippen LogP contribution in [0, 0.1) is 0 Å². The van der Waals surface area contributed by atoms with Gasteiger partial charge in [0.05, 0.1) is 5.71 Å². The Balaban J connectivity index is 2.35. The van der Waals surface area contributed by atoms with Gasteiger partial charge in [0.1, 0.15) is 0 Å². The Kier molecular flexibility index (Phi) is 4.48. The second-order valence-corrected chi connectivity index (χ2v) is 3.19. The maximum absolute atomic E-state index is 8.42. The monoisotopic (exact) mass is 189 g/mol. The van der Waals surface area contributed by atoms with Crippen LogP contribution in [0.4, 0.5) is 0 Å². The largest absolute Gasteiger partial charge is 0.411 e. The van der Waals surface area contributed by atoms with Gasteiger partial charge in [-0.3, -0.25) is 0 Å². The van der Waals surface area contributed by atoms with Crippen molar-refractivity contribution in [2.24, 2.45) is 5.16 Å². The molecule has 2 heteroatoms. The Hall–Kier alpha value is -1.57. The van der Waals surface area contributed by atoms with E-state index in [9.17, 15) is 0 Å². The summed E-state index contributed by atoms with van der Waals surface area (Å²) >= 11 is 0. The van der Waals surface area contributed by atoms with Gasteiger partial charge in [0.2, 0.25) is 0 Å². The fourth-order valence-electron chi connectivity index (χ4n) is 1.13. The van der Waals surface area contributed by atoms with Gasteiger partial charge in [0, 0.05) is 0 Å².